The van der Waals surface area contributed by atoms with Crippen LogP contribution >= 0.6 is 0 Å². The summed E-state index contributed by atoms with van der Waals surface area (Å²) in [4.78, 5) is 0. The van der Waals surface area contributed by atoms with Crippen molar-refractivity contribution < 1.29 is 9.47 Å². The third-order valence-electron chi connectivity index (χ3n) is 3.30. The van der Waals surface area contributed by atoms with Crippen molar-refractivity contribution in [3.8, 4) is 5.75 Å². The van der Waals surface area contributed by atoms with Crippen LogP contribution in [-0.4, -0.2) is 31.4 Å². The van der Waals surface area contributed by atoms with Gasteiger partial charge in [-0.2, -0.15) is 0 Å². The summed E-state index contributed by atoms with van der Waals surface area (Å²) in [6.45, 7) is 6.00. The number of hydrogen-bond donors (Lipinski definition) is 1. The lowest BCUT2D eigenvalue weighted by Crippen LogP contribution is -2.61. The second kappa shape index (κ2) is 6.76. The summed E-state index contributed by atoms with van der Waals surface area (Å²) < 4.78 is 11.7. The Balaban J connectivity index is 1.86. The SMILES string of the molecule is CCCNC1CC(Oc2ccccc2)C1OCC. The van der Waals surface area contributed by atoms with Gasteiger partial charge in [-0.15, -0.1) is 0 Å². The van der Waals surface area contributed by atoms with Crippen molar-refractivity contribution in [1.82, 2.24) is 5.32 Å². The van der Waals surface area contributed by atoms with Gasteiger partial charge in [-0.25, -0.2) is 0 Å². The van der Waals surface area contributed by atoms with Crippen molar-refractivity contribution in [3.05, 3.63) is 30.3 Å². The quantitative estimate of drug-likeness (QED) is 0.805. The fourth-order valence-corrected chi connectivity index (χ4v) is 2.32. The van der Waals surface area contributed by atoms with Gasteiger partial charge in [0.05, 0.1) is 0 Å². The molecule has 0 bridgehead atoms. The minimum absolute atomic E-state index is 0.182. The summed E-state index contributed by atoms with van der Waals surface area (Å²) in [5.74, 6) is 0.932. The van der Waals surface area contributed by atoms with Crippen LogP contribution in [-0.2, 0) is 4.74 Å². The smallest absolute Gasteiger partial charge is 0.128 e. The van der Waals surface area contributed by atoms with Gasteiger partial charge < -0.3 is 14.8 Å². The van der Waals surface area contributed by atoms with Crippen LogP contribution in [0.1, 0.15) is 26.7 Å². The lowest BCUT2D eigenvalue weighted by molar-refractivity contribution is -0.104. The van der Waals surface area contributed by atoms with E-state index in [0.29, 0.717) is 6.04 Å². The Morgan fingerprint density at radius 1 is 1.22 bits per heavy atom. The lowest BCUT2D eigenvalue weighted by Gasteiger charge is -2.44. The molecule has 2 rings (SSSR count). The van der Waals surface area contributed by atoms with E-state index in [9.17, 15) is 0 Å². The van der Waals surface area contributed by atoms with Gasteiger partial charge >= 0.3 is 0 Å². The molecule has 0 aromatic heterocycles. The number of benzene rings is 1. The molecule has 3 nitrogen and oxygen atoms in total. The normalized spacial score (nSPS) is 26.7. The van der Waals surface area contributed by atoms with Crippen molar-refractivity contribution >= 4 is 0 Å². The highest BCUT2D eigenvalue weighted by molar-refractivity contribution is 5.22. The largest absolute Gasteiger partial charge is 0.488 e. The van der Waals surface area contributed by atoms with E-state index in [1.165, 1.54) is 0 Å². The van der Waals surface area contributed by atoms with Crippen LogP contribution in [0.15, 0.2) is 30.3 Å². The molecule has 100 valence electrons. The molecule has 0 saturated heterocycles. The van der Waals surface area contributed by atoms with Crippen LogP contribution in [0.2, 0.25) is 0 Å². The zero-order valence-corrected chi connectivity index (χ0v) is 11.3. The zero-order chi connectivity index (χ0) is 12.8. The van der Waals surface area contributed by atoms with Gasteiger partial charge in [0, 0.05) is 19.1 Å². The van der Waals surface area contributed by atoms with Gasteiger partial charge in [0.1, 0.15) is 18.0 Å². The molecule has 1 aromatic carbocycles. The molecule has 1 aliphatic rings. The summed E-state index contributed by atoms with van der Waals surface area (Å²) in [6, 6.07) is 10.4. The second-order valence-electron chi connectivity index (χ2n) is 4.69. The molecule has 0 spiro atoms. The maximum atomic E-state index is 5.96. The van der Waals surface area contributed by atoms with E-state index in [1.54, 1.807) is 0 Å². The summed E-state index contributed by atoms with van der Waals surface area (Å²) in [7, 11) is 0. The number of nitrogens with one attached hydrogen (secondary N) is 1. The van der Waals surface area contributed by atoms with Gasteiger partial charge in [0.2, 0.25) is 0 Å². The first-order valence-corrected chi connectivity index (χ1v) is 6.91. The monoisotopic (exact) mass is 249 g/mol. The van der Waals surface area contributed by atoms with Gasteiger partial charge in [-0.3, -0.25) is 0 Å². The summed E-state index contributed by atoms with van der Waals surface area (Å²) in [6.07, 6.45) is 2.54. The first-order chi connectivity index (χ1) is 8.85. The van der Waals surface area contributed by atoms with E-state index in [4.69, 9.17) is 9.47 Å². The maximum Gasteiger partial charge on any atom is 0.128 e. The van der Waals surface area contributed by atoms with E-state index in [0.717, 1.165) is 31.7 Å². The maximum absolute atomic E-state index is 5.96. The minimum atomic E-state index is 0.182. The zero-order valence-electron chi connectivity index (χ0n) is 11.3. The second-order valence-corrected chi connectivity index (χ2v) is 4.69. The van der Waals surface area contributed by atoms with Crippen molar-refractivity contribution in [3.63, 3.8) is 0 Å². The fourth-order valence-electron chi connectivity index (χ4n) is 2.32. The van der Waals surface area contributed by atoms with Crippen LogP contribution in [0.3, 0.4) is 0 Å². The minimum Gasteiger partial charge on any atom is -0.488 e. The Labute approximate surface area is 109 Å². The highest BCUT2D eigenvalue weighted by Gasteiger charge is 2.43. The van der Waals surface area contributed by atoms with Crippen molar-refractivity contribution in [1.29, 1.82) is 0 Å². The summed E-state index contributed by atoms with van der Waals surface area (Å²) in [5, 5.41) is 3.51. The van der Waals surface area contributed by atoms with Crippen LogP contribution in [0.5, 0.6) is 5.75 Å². The van der Waals surface area contributed by atoms with Gasteiger partial charge in [-0.05, 0) is 32.0 Å². The Kier molecular flexibility index (Phi) is 5.02. The molecule has 1 saturated carbocycles. The number of ether oxygens (including phenoxy) is 2. The molecule has 1 fully saturated rings. The highest BCUT2D eigenvalue weighted by atomic mass is 16.5. The molecule has 1 aromatic rings. The molecule has 0 radical (unpaired) electrons. The van der Waals surface area contributed by atoms with Gasteiger partial charge in [0.25, 0.3) is 0 Å². The topological polar surface area (TPSA) is 30.5 Å². The highest BCUT2D eigenvalue weighted by Crippen LogP contribution is 2.29. The van der Waals surface area contributed by atoms with Crippen LogP contribution < -0.4 is 10.1 Å². The fraction of sp³-hybridized carbons (Fsp3) is 0.600. The first kappa shape index (κ1) is 13.4. The molecular weight excluding hydrogens is 226 g/mol. The third-order valence-corrected chi connectivity index (χ3v) is 3.30. The molecule has 3 unspecified atom stereocenters. The molecule has 1 aliphatic carbocycles. The van der Waals surface area contributed by atoms with Crippen molar-refractivity contribution in [2.75, 3.05) is 13.2 Å². The number of para-hydroxylation sites is 1. The Morgan fingerprint density at radius 3 is 2.67 bits per heavy atom. The van der Waals surface area contributed by atoms with Crippen molar-refractivity contribution in [2.24, 2.45) is 0 Å². The third kappa shape index (κ3) is 3.24. The predicted molar refractivity (Wildman–Crippen MR) is 73.0 cm³/mol. The molecule has 3 heteroatoms. The molecule has 0 heterocycles. The average Bonchev–Trinajstić information content (AvgIpc) is 2.40. The van der Waals surface area contributed by atoms with E-state index in [-0.39, 0.29) is 12.2 Å². The molecule has 0 amide bonds. The number of hydrogen-bond acceptors (Lipinski definition) is 3. The lowest BCUT2D eigenvalue weighted by atomic mass is 9.85. The van der Waals surface area contributed by atoms with E-state index in [2.05, 4.69) is 12.2 Å². The Hall–Kier alpha value is -1.06. The first-order valence-electron chi connectivity index (χ1n) is 6.91. The Bertz CT molecular complexity index is 342. The molecule has 3 atom stereocenters. The van der Waals surface area contributed by atoms with E-state index >= 15 is 0 Å². The Morgan fingerprint density at radius 2 is 2.00 bits per heavy atom. The van der Waals surface area contributed by atoms with Crippen LogP contribution in [0.25, 0.3) is 0 Å². The number of rotatable bonds is 7. The van der Waals surface area contributed by atoms with Crippen LogP contribution in [0.4, 0.5) is 0 Å². The molecular formula is C15H23NO2. The van der Waals surface area contributed by atoms with Crippen LogP contribution in [0, 0.1) is 0 Å². The standard InChI is InChI=1S/C15H23NO2/c1-3-10-16-13-11-14(15(13)17-4-2)18-12-8-6-5-7-9-12/h5-9,13-16H,3-4,10-11H2,1-2H3. The molecule has 1 N–H and O–H groups in total. The summed E-state index contributed by atoms with van der Waals surface area (Å²) in [5.41, 5.74) is 0. The molecule has 0 aliphatic heterocycles. The average molecular weight is 249 g/mol. The van der Waals surface area contributed by atoms with Crippen molar-refractivity contribution in [2.45, 2.75) is 44.9 Å². The van der Waals surface area contributed by atoms with Gasteiger partial charge in [0.15, 0.2) is 0 Å². The summed E-state index contributed by atoms with van der Waals surface area (Å²) >= 11 is 0. The molecule has 18 heavy (non-hydrogen) atoms. The van der Waals surface area contributed by atoms with E-state index < -0.39 is 0 Å². The van der Waals surface area contributed by atoms with Gasteiger partial charge in [-0.1, -0.05) is 25.1 Å². The van der Waals surface area contributed by atoms with E-state index in [1.807, 2.05) is 37.3 Å². The predicted octanol–water partition coefficient (Wildman–Crippen LogP) is 2.61.